The number of ether oxygens (including phenoxy) is 2. The second kappa shape index (κ2) is 13.0. The van der Waals surface area contributed by atoms with Crippen LogP contribution in [-0.2, 0) is 13.2 Å². The van der Waals surface area contributed by atoms with E-state index in [2.05, 4.69) is 32.6 Å². The van der Waals surface area contributed by atoms with E-state index in [0.717, 1.165) is 47.4 Å². The van der Waals surface area contributed by atoms with Gasteiger partial charge in [0.05, 0.1) is 17.7 Å². The third-order valence-electron chi connectivity index (χ3n) is 3.99. The summed E-state index contributed by atoms with van der Waals surface area (Å²) in [6.45, 7) is 6.31. The predicted octanol–water partition coefficient (Wildman–Crippen LogP) is 4.14. The van der Waals surface area contributed by atoms with Gasteiger partial charge >= 0.3 is 0 Å². The molecule has 0 aliphatic rings. The van der Waals surface area contributed by atoms with Gasteiger partial charge in [0.15, 0.2) is 11.5 Å². The lowest BCUT2D eigenvalue weighted by atomic mass is 10.2. The average molecular weight is 472 g/mol. The number of hydrogen-bond donors (Lipinski definition) is 3. The molecule has 0 saturated heterocycles. The Morgan fingerprint density at radius 2 is 1.75 bits per heavy atom. The highest BCUT2D eigenvalue weighted by Gasteiger charge is 2.12. The summed E-state index contributed by atoms with van der Waals surface area (Å²) in [6, 6.07) is 11.7. The van der Waals surface area contributed by atoms with Crippen molar-refractivity contribution in [2.24, 2.45) is 0 Å². The van der Waals surface area contributed by atoms with E-state index in [1.54, 1.807) is 0 Å². The highest BCUT2D eigenvalue weighted by Crippen LogP contribution is 2.37. The van der Waals surface area contributed by atoms with Crippen molar-refractivity contribution in [3.63, 3.8) is 0 Å². The molecule has 0 radical (unpaired) electrons. The summed E-state index contributed by atoms with van der Waals surface area (Å²) in [7, 11) is 0. The van der Waals surface area contributed by atoms with Gasteiger partial charge in [-0.15, -0.1) is 0 Å². The van der Waals surface area contributed by atoms with Gasteiger partial charge in [-0.25, -0.2) is 0 Å². The van der Waals surface area contributed by atoms with Crippen LogP contribution in [-0.4, -0.2) is 38.0 Å². The Kier molecular flexibility index (Phi) is 10.7. The smallest absolute Gasteiger partial charge is 0.175 e. The minimum atomic E-state index is 0.175. The van der Waals surface area contributed by atoms with Crippen molar-refractivity contribution in [1.29, 1.82) is 0 Å². The first-order chi connectivity index (χ1) is 13.6. The summed E-state index contributed by atoms with van der Waals surface area (Å²) >= 11 is 9.55. The second-order valence-electron chi connectivity index (χ2n) is 6.26. The molecule has 5 nitrogen and oxygen atoms in total. The third-order valence-corrected chi connectivity index (χ3v) is 4.83. The molecule has 2 aromatic carbocycles. The molecule has 0 amide bonds. The fourth-order valence-electron chi connectivity index (χ4n) is 2.64. The molecule has 0 bridgehead atoms. The molecule has 0 atom stereocenters. The van der Waals surface area contributed by atoms with Crippen LogP contribution in [0.25, 0.3) is 0 Å². The topological polar surface area (TPSA) is 62.8 Å². The zero-order chi connectivity index (χ0) is 20.2. The van der Waals surface area contributed by atoms with Gasteiger partial charge in [-0.2, -0.15) is 0 Å². The normalized spacial score (nSPS) is 10.9. The summed E-state index contributed by atoms with van der Waals surface area (Å²) in [5, 5.41) is 16.0. The summed E-state index contributed by atoms with van der Waals surface area (Å²) in [5.41, 5.74) is 2.16. The summed E-state index contributed by atoms with van der Waals surface area (Å²) in [5.74, 6) is 1.43. The Hall–Kier alpha value is -1.31. The minimum Gasteiger partial charge on any atom is -0.490 e. The molecule has 0 saturated carbocycles. The second-order valence-corrected chi connectivity index (χ2v) is 7.55. The molecule has 0 aliphatic heterocycles. The lowest BCUT2D eigenvalue weighted by molar-refractivity contribution is 0.267. The number of halogens is 2. The molecule has 154 valence electrons. The highest BCUT2D eigenvalue weighted by molar-refractivity contribution is 9.10. The molecule has 3 N–H and O–H groups in total. The maximum absolute atomic E-state index is 8.74. The van der Waals surface area contributed by atoms with Crippen LogP contribution in [0.2, 0.25) is 5.02 Å². The van der Waals surface area contributed by atoms with Gasteiger partial charge in [0.1, 0.15) is 6.61 Å². The van der Waals surface area contributed by atoms with Crippen LogP contribution >= 0.6 is 27.5 Å². The van der Waals surface area contributed by atoms with E-state index in [1.165, 1.54) is 0 Å². The summed E-state index contributed by atoms with van der Waals surface area (Å²) < 4.78 is 12.7. The van der Waals surface area contributed by atoms with E-state index in [0.29, 0.717) is 30.5 Å². The molecule has 2 aromatic rings. The summed E-state index contributed by atoms with van der Waals surface area (Å²) in [4.78, 5) is 0. The first-order valence-electron chi connectivity index (χ1n) is 9.48. The fourth-order valence-corrected chi connectivity index (χ4v) is 3.37. The van der Waals surface area contributed by atoms with Crippen LogP contribution < -0.4 is 20.1 Å². The predicted molar refractivity (Wildman–Crippen MR) is 117 cm³/mol. The van der Waals surface area contributed by atoms with Crippen LogP contribution in [0.15, 0.2) is 40.9 Å². The lowest BCUT2D eigenvalue weighted by Crippen LogP contribution is -2.23. The molecule has 2 rings (SSSR count). The molecule has 0 heterocycles. The molecule has 28 heavy (non-hydrogen) atoms. The Balaban J connectivity index is 1.93. The Morgan fingerprint density at radius 1 is 1.00 bits per heavy atom. The van der Waals surface area contributed by atoms with Gasteiger partial charge < -0.3 is 25.2 Å². The van der Waals surface area contributed by atoms with Crippen LogP contribution in [0.5, 0.6) is 11.5 Å². The van der Waals surface area contributed by atoms with Crippen LogP contribution in [0.3, 0.4) is 0 Å². The lowest BCUT2D eigenvalue weighted by Gasteiger charge is -2.16. The van der Waals surface area contributed by atoms with Crippen molar-refractivity contribution in [3.05, 3.63) is 57.0 Å². The fraction of sp³-hybridized carbons (Fsp3) is 0.429. The first-order valence-corrected chi connectivity index (χ1v) is 10.7. The maximum atomic E-state index is 8.74. The highest BCUT2D eigenvalue weighted by atomic mass is 79.9. The monoisotopic (exact) mass is 470 g/mol. The third kappa shape index (κ3) is 7.97. The molecular weight excluding hydrogens is 444 g/mol. The maximum Gasteiger partial charge on any atom is 0.175 e. The zero-order valence-electron chi connectivity index (χ0n) is 16.1. The van der Waals surface area contributed by atoms with E-state index >= 15 is 0 Å². The molecule has 0 aliphatic carbocycles. The quantitative estimate of drug-likeness (QED) is 0.383. The number of aliphatic hydroxyl groups excluding tert-OH is 1. The van der Waals surface area contributed by atoms with Gasteiger partial charge in [0.2, 0.25) is 0 Å². The van der Waals surface area contributed by atoms with Crippen LogP contribution in [0, 0.1) is 0 Å². The number of aliphatic hydroxyl groups is 1. The molecule has 0 fully saturated rings. The molecule has 0 aromatic heterocycles. The van der Waals surface area contributed by atoms with E-state index in [9.17, 15) is 0 Å². The van der Waals surface area contributed by atoms with Crippen LogP contribution in [0.1, 0.15) is 24.5 Å². The summed E-state index contributed by atoms with van der Waals surface area (Å²) in [6.07, 6.45) is 1.00. The van der Waals surface area contributed by atoms with Gasteiger partial charge in [-0.3, -0.25) is 0 Å². The van der Waals surface area contributed by atoms with Crippen molar-refractivity contribution < 1.29 is 14.6 Å². The average Bonchev–Trinajstić information content (AvgIpc) is 2.68. The first kappa shape index (κ1) is 23.0. The van der Waals surface area contributed by atoms with Gasteiger partial charge in [0, 0.05) is 18.1 Å². The zero-order valence-corrected chi connectivity index (χ0v) is 18.5. The Morgan fingerprint density at radius 3 is 2.46 bits per heavy atom. The SMILES string of the molecule is CCOc1cc(CNCCCNCCO)cc(Br)c1OCc1ccc(Cl)cc1. The van der Waals surface area contributed by atoms with E-state index < -0.39 is 0 Å². The number of benzene rings is 2. The Labute approximate surface area is 180 Å². The largest absolute Gasteiger partial charge is 0.490 e. The van der Waals surface area contributed by atoms with Gasteiger partial charge in [-0.05, 0) is 77.8 Å². The van der Waals surface area contributed by atoms with E-state index in [-0.39, 0.29) is 6.61 Å². The van der Waals surface area contributed by atoms with Gasteiger partial charge in [-0.1, -0.05) is 23.7 Å². The molecule has 7 heteroatoms. The van der Waals surface area contributed by atoms with Crippen LogP contribution in [0.4, 0.5) is 0 Å². The van der Waals surface area contributed by atoms with Gasteiger partial charge in [0.25, 0.3) is 0 Å². The van der Waals surface area contributed by atoms with E-state index in [1.807, 2.05) is 37.3 Å². The number of nitrogens with one attached hydrogen (secondary N) is 2. The minimum absolute atomic E-state index is 0.175. The Bertz CT molecular complexity index is 714. The van der Waals surface area contributed by atoms with Crippen molar-refractivity contribution >= 4 is 27.5 Å². The van der Waals surface area contributed by atoms with Crippen molar-refractivity contribution in [1.82, 2.24) is 10.6 Å². The molecular formula is C21H28BrClN2O3. The van der Waals surface area contributed by atoms with Crippen molar-refractivity contribution in [2.75, 3.05) is 32.8 Å². The molecule has 0 unspecified atom stereocenters. The van der Waals surface area contributed by atoms with Crippen molar-refractivity contribution in [2.45, 2.75) is 26.5 Å². The van der Waals surface area contributed by atoms with Crippen molar-refractivity contribution in [3.8, 4) is 11.5 Å². The molecule has 0 spiro atoms. The number of rotatable bonds is 13. The van der Waals surface area contributed by atoms with E-state index in [4.69, 9.17) is 26.2 Å². The number of hydrogen-bond acceptors (Lipinski definition) is 5. The standard InChI is InChI=1S/C21H28BrClN2O3/c1-2-27-20-13-17(14-25-9-3-8-24-10-11-26)12-19(22)21(20)28-15-16-4-6-18(23)7-5-16/h4-7,12-13,24-26H,2-3,8-11,14-15H2,1H3.